The topological polar surface area (TPSA) is 134 Å². The number of H-pyrrole nitrogens is 1. The number of nitrogens with one attached hydrogen (secondary N) is 2. The first-order valence-corrected chi connectivity index (χ1v) is 12.8. The summed E-state index contributed by atoms with van der Waals surface area (Å²) < 4.78 is 19.7. The molecule has 1 fully saturated rings. The van der Waals surface area contributed by atoms with Gasteiger partial charge in [0.1, 0.15) is 34.1 Å². The molecule has 3 amide bonds. The molecule has 1 aliphatic rings. The monoisotopic (exact) mass is 544 g/mol. The lowest BCUT2D eigenvalue weighted by Crippen LogP contribution is -2.41. The lowest BCUT2D eigenvalue weighted by molar-refractivity contribution is -0.133. The first-order chi connectivity index (χ1) is 19.2. The van der Waals surface area contributed by atoms with Crippen LogP contribution in [0.5, 0.6) is 11.5 Å². The van der Waals surface area contributed by atoms with E-state index in [9.17, 15) is 18.8 Å². The van der Waals surface area contributed by atoms with Crippen molar-refractivity contribution in [1.82, 2.24) is 20.2 Å². The highest BCUT2D eigenvalue weighted by molar-refractivity contribution is 6.16. The van der Waals surface area contributed by atoms with Crippen molar-refractivity contribution in [3.05, 3.63) is 78.4 Å². The summed E-state index contributed by atoms with van der Waals surface area (Å²) >= 11 is 0. The molecular weight excluding hydrogens is 515 g/mol. The van der Waals surface area contributed by atoms with Crippen LogP contribution in [0.15, 0.2) is 66.9 Å². The van der Waals surface area contributed by atoms with Crippen molar-refractivity contribution in [2.45, 2.75) is 12.8 Å². The minimum absolute atomic E-state index is 0.245. The molecule has 2 aromatic carbocycles. The Labute approximate surface area is 229 Å². The van der Waals surface area contributed by atoms with Gasteiger partial charge in [0.15, 0.2) is 0 Å². The summed E-state index contributed by atoms with van der Waals surface area (Å²) in [4.78, 5) is 48.8. The molecule has 5 rings (SSSR count). The van der Waals surface area contributed by atoms with Gasteiger partial charge in [0.05, 0.1) is 5.39 Å². The van der Waals surface area contributed by atoms with Crippen LogP contribution in [0, 0.1) is 11.2 Å². The molecule has 0 atom stereocenters. The number of pyridine rings is 1. The van der Waals surface area contributed by atoms with E-state index in [-0.39, 0.29) is 5.91 Å². The van der Waals surface area contributed by atoms with Gasteiger partial charge in [0.2, 0.25) is 11.8 Å². The number of primary amides is 1. The second-order valence-corrected chi connectivity index (χ2v) is 9.97. The first-order valence-electron chi connectivity index (χ1n) is 12.8. The maximum Gasteiger partial charge on any atom is 0.267 e. The van der Waals surface area contributed by atoms with Gasteiger partial charge in [0.25, 0.3) is 5.91 Å². The van der Waals surface area contributed by atoms with Crippen LogP contribution >= 0.6 is 0 Å². The van der Waals surface area contributed by atoms with Crippen LogP contribution in [-0.4, -0.2) is 59.8 Å². The molecule has 4 N–H and O–H groups in total. The lowest BCUT2D eigenvalue weighted by Gasteiger charge is -2.26. The van der Waals surface area contributed by atoms with E-state index in [2.05, 4.69) is 15.3 Å². The normalized spacial score (nSPS) is 13.7. The van der Waals surface area contributed by atoms with E-state index in [1.54, 1.807) is 42.6 Å². The van der Waals surface area contributed by atoms with Crippen molar-refractivity contribution in [3.8, 4) is 11.5 Å². The van der Waals surface area contributed by atoms with Crippen molar-refractivity contribution < 1.29 is 23.5 Å². The van der Waals surface area contributed by atoms with Gasteiger partial charge in [-0.1, -0.05) is 0 Å². The van der Waals surface area contributed by atoms with Gasteiger partial charge in [0, 0.05) is 30.7 Å². The fourth-order valence-electron chi connectivity index (χ4n) is 4.37. The molecule has 40 heavy (non-hydrogen) atoms. The number of hydrogen-bond donors (Lipinski definition) is 3. The average Bonchev–Trinajstić information content (AvgIpc) is 3.63. The van der Waals surface area contributed by atoms with Gasteiger partial charge in [-0.05, 0) is 87.6 Å². The Bertz CT molecular complexity index is 1560. The zero-order valence-corrected chi connectivity index (χ0v) is 22.1. The SMILES string of the molecule is CN(C)CCNC(=O)c1cc2c(Oc3ccc(N(C(=O)C4(C(N)=O)CC4)c4ccc(F)cc4)cc3)ccnc2[nH]1. The fourth-order valence-corrected chi connectivity index (χ4v) is 4.37. The van der Waals surface area contributed by atoms with E-state index in [4.69, 9.17) is 10.5 Å². The molecule has 0 saturated heterocycles. The Hall–Kier alpha value is -4.77. The number of rotatable bonds is 10. The summed E-state index contributed by atoms with van der Waals surface area (Å²) in [5.41, 5.74) is 6.04. The maximum atomic E-state index is 13.6. The lowest BCUT2D eigenvalue weighted by atomic mass is 10.0. The molecule has 0 bridgehead atoms. The number of hydrogen-bond acceptors (Lipinski definition) is 6. The fraction of sp³-hybridized carbons (Fsp3) is 0.241. The van der Waals surface area contributed by atoms with Gasteiger partial charge in [-0.25, -0.2) is 9.37 Å². The van der Waals surface area contributed by atoms with Gasteiger partial charge in [-0.2, -0.15) is 0 Å². The predicted octanol–water partition coefficient (Wildman–Crippen LogP) is 3.72. The number of nitrogens with two attached hydrogens (primary N) is 1. The minimum atomic E-state index is -1.27. The van der Waals surface area contributed by atoms with E-state index in [1.807, 2.05) is 19.0 Å². The van der Waals surface area contributed by atoms with Crippen LogP contribution in [0.3, 0.4) is 0 Å². The van der Waals surface area contributed by atoms with Crippen molar-refractivity contribution >= 4 is 40.1 Å². The van der Waals surface area contributed by atoms with Crippen LogP contribution < -0.4 is 20.7 Å². The van der Waals surface area contributed by atoms with E-state index in [0.717, 1.165) is 0 Å². The molecule has 1 saturated carbocycles. The van der Waals surface area contributed by atoms with Gasteiger partial charge in [-0.3, -0.25) is 19.3 Å². The van der Waals surface area contributed by atoms with E-state index in [0.29, 0.717) is 65.5 Å². The molecule has 0 unspecified atom stereocenters. The van der Waals surface area contributed by atoms with Gasteiger partial charge in [-0.15, -0.1) is 0 Å². The van der Waals surface area contributed by atoms with Crippen LogP contribution in [0.2, 0.25) is 0 Å². The summed E-state index contributed by atoms with van der Waals surface area (Å²) in [5, 5.41) is 3.49. The van der Waals surface area contributed by atoms with Crippen LogP contribution in [-0.2, 0) is 9.59 Å². The highest BCUT2D eigenvalue weighted by atomic mass is 19.1. The number of benzene rings is 2. The third-order valence-electron chi connectivity index (χ3n) is 6.82. The summed E-state index contributed by atoms with van der Waals surface area (Å²) in [7, 11) is 3.86. The highest BCUT2D eigenvalue weighted by Crippen LogP contribution is 2.49. The average molecular weight is 545 g/mol. The Kier molecular flexibility index (Phi) is 7.22. The Balaban J connectivity index is 1.39. The van der Waals surface area contributed by atoms with E-state index in [1.165, 1.54) is 29.2 Å². The number of nitrogens with zero attached hydrogens (tertiary/aromatic N) is 3. The molecule has 0 radical (unpaired) electrons. The van der Waals surface area contributed by atoms with Gasteiger partial charge >= 0.3 is 0 Å². The molecule has 0 aliphatic heterocycles. The minimum Gasteiger partial charge on any atom is -0.457 e. The van der Waals surface area contributed by atoms with Gasteiger partial charge < -0.3 is 25.7 Å². The third kappa shape index (κ3) is 5.36. The van der Waals surface area contributed by atoms with Crippen molar-refractivity contribution in [2.24, 2.45) is 11.1 Å². The van der Waals surface area contributed by atoms with E-state index < -0.39 is 23.0 Å². The number of carbonyl (C=O) groups excluding carboxylic acids is 3. The summed E-state index contributed by atoms with van der Waals surface area (Å²) in [6, 6.07) is 15.5. The third-order valence-corrected chi connectivity index (χ3v) is 6.82. The van der Waals surface area contributed by atoms with Crippen LogP contribution in [0.4, 0.5) is 15.8 Å². The largest absolute Gasteiger partial charge is 0.457 e. The van der Waals surface area contributed by atoms with Crippen molar-refractivity contribution in [2.75, 3.05) is 32.1 Å². The van der Waals surface area contributed by atoms with Crippen LogP contribution in [0.25, 0.3) is 11.0 Å². The molecular formula is C29H29FN6O4. The zero-order valence-electron chi connectivity index (χ0n) is 22.1. The first kappa shape index (κ1) is 26.8. The summed E-state index contributed by atoms with van der Waals surface area (Å²) in [5.74, 6) is -0.873. The summed E-state index contributed by atoms with van der Waals surface area (Å²) in [6.07, 6.45) is 2.30. The van der Waals surface area contributed by atoms with Crippen molar-refractivity contribution in [3.63, 3.8) is 0 Å². The van der Waals surface area contributed by atoms with Crippen molar-refractivity contribution in [1.29, 1.82) is 0 Å². The molecule has 4 aromatic rings. The number of aromatic nitrogens is 2. The number of likely N-dealkylation sites (N-methyl/N-ethyl adjacent to an activating group) is 1. The molecule has 11 heteroatoms. The maximum absolute atomic E-state index is 13.6. The van der Waals surface area contributed by atoms with E-state index >= 15 is 0 Å². The Morgan fingerprint density at radius 1 is 1.05 bits per heavy atom. The number of aromatic amines is 1. The second kappa shape index (κ2) is 10.8. The number of fused-ring (bicyclic) bond motifs is 1. The molecule has 10 nitrogen and oxygen atoms in total. The molecule has 2 aromatic heterocycles. The Morgan fingerprint density at radius 2 is 1.70 bits per heavy atom. The predicted molar refractivity (Wildman–Crippen MR) is 148 cm³/mol. The summed E-state index contributed by atoms with van der Waals surface area (Å²) in [6.45, 7) is 1.21. The number of anilines is 2. The van der Waals surface area contributed by atoms with Crippen LogP contribution in [0.1, 0.15) is 23.3 Å². The number of amides is 3. The molecule has 206 valence electrons. The molecule has 1 aliphatic carbocycles. The zero-order chi connectivity index (χ0) is 28.4. The smallest absolute Gasteiger partial charge is 0.267 e. The molecule has 0 spiro atoms. The second-order valence-electron chi connectivity index (χ2n) is 9.97. The Morgan fingerprint density at radius 3 is 2.30 bits per heavy atom. The number of carbonyl (C=O) groups is 3. The standard InChI is InChI=1S/C29H29FN6O4/c1-35(2)16-15-33-26(37)23-17-22-24(11-14-32-25(22)34-23)40-21-9-7-20(8-10-21)36(19-5-3-18(30)4-6-19)28(39)29(12-13-29)27(31)38/h3-11,14,17H,12-13,15-16H2,1-2H3,(H2,31,38)(H,32,34)(H,33,37). The highest BCUT2D eigenvalue weighted by Gasteiger charge is 2.57. The quantitative estimate of drug-likeness (QED) is 0.261. The molecule has 2 heterocycles. The number of ether oxygens (including phenoxy) is 1. The number of halogens is 1.